The number of aromatic nitrogens is 5. The monoisotopic (exact) mass is 423 g/mol. The van der Waals surface area contributed by atoms with E-state index in [0.717, 1.165) is 4.68 Å². The topological polar surface area (TPSA) is 101 Å². The van der Waals surface area contributed by atoms with Gasteiger partial charge < -0.3 is 14.0 Å². The number of nitrogens with zero attached hydrogens (tertiary/aromatic N) is 5. The maximum atomic E-state index is 12.5. The van der Waals surface area contributed by atoms with Crippen LogP contribution in [0.25, 0.3) is 5.69 Å². The molecule has 0 unspecified atom stereocenters. The number of aryl methyl sites for hydroxylation is 1. The first-order valence-electron chi connectivity index (χ1n) is 8.59. The molecule has 0 aliphatic heterocycles. The average molecular weight is 423 g/mol. The Morgan fingerprint density at radius 1 is 1.13 bits per heavy atom. The fourth-order valence-corrected chi connectivity index (χ4v) is 2.89. The van der Waals surface area contributed by atoms with E-state index in [-0.39, 0.29) is 12.3 Å². The first-order chi connectivity index (χ1) is 14.1. The summed E-state index contributed by atoms with van der Waals surface area (Å²) >= 11 is 0. The van der Waals surface area contributed by atoms with E-state index in [2.05, 4.69) is 20.3 Å². The number of carbonyl (C=O) groups excluding carboxylic acids is 2. The van der Waals surface area contributed by atoms with Crippen LogP contribution in [0.1, 0.15) is 21.7 Å². The highest BCUT2D eigenvalue weighted by atomic mass is 19.4. The number of benzene rings is 1. The Balaban J connectivity index is 1.70. The predicted molar refractivity (Wildman–Crippen MR) is 95.0 cm³/mol. The van der Waals surface area contributed by atoms with Crippen LogP contribution in [-0.2, 0) is 16.1 Å². The number of hydrogen-bond acceptors (Lipinski definition) is 7. The number of alkyl halides is 3. The van der Waals surface area contributed by atoms with Crippen molar-refractivity contribution in [1.29, 1.82) is 0 Å². The number of rotatable bonds is 7. The Labute approximate surface area is 168 Å². The number of halogens is 3. The molecule has 0 fully saturated rings. The van der Waals surface area contributed by atoms with Crippen LogP contribution in [0.15, 0.2) is 36.7 Å². The molecule has 0 bridgehead atoms. The highest BCUT2D eigenvalue weighted by molar-refractivity contribution is 5.99. The molecule has 158 valence electrons. The van der Waals surface area contributed by atoms with Gasteiger partial charge in [0.05, 0.1) is 0 Å². The van der Waals surface area contributed by atoms with Gasteiger partial charge in [0.15, 0.2) is 6.61 Å². The molecule has 0 aliphatic carbocycles. The fourth-order valence-electron chi connectivity index (χ4n) is 2.89. The van der Waals surface area contributed by atoms with Crippen LogP contribution in [0.4, 0.5) is 13.2 Å². The summed E-state index contributed by atoms with van der Waals surface area (Å²) < 4.78 is 48.6. The number of carbonyl (C=O) groups is 2. The van der Waals surface area contributed by atoms with E-state index in [1.54, 1.807) is 24.5 Å². The van der Waals surface area contributed by atoms with Gasteiger partial charge >= 0.3 is 12.3 Å². The first-order valence-corrected chi connectivity index (χ1v) is 8.59. The molecule has 0 spiro atoms. The molecule has 9 nitrogen and oxygen atoms in total. The van der Waals surface area contributed by atoms with Gasteiger partial charge in [-0.15, -0.1) is 18.3 Å². The standard InChI is InChI=1S/C18H16F3N5O4/c1-11-7-15(16(27)9-29-17(28)8-25-10-22-23-24-25)12(2)26(11)13-3-5-14(6-4-13)30-18(19,20)21/h3-7,10H,8-9H2,1-2H3. The van der Waals surface area contributed by atoms with Gasteiger partial charge in [-0.1, -0.05) is 0 Å². The number of hydrogen-bond donors (Lipinski definition) is 0. The second-order valence-corrected chi connectivity index (χ2v) is 6.25. The molecule has 0 amide bonds. The molecular formula is C18H16F3N5O4. The van der Waals surface area contributed by atoms with Crippen molar-refractivity contribution in [3.63, 3.8) is 0 Å². The lowest BCUT2D eigenvalue weighted by Gasteiger charge is -2.12. The van der Waals surface area contributed by atoms with Crippen LogP contribution in [0.5, 0.6) is 5.75 Å². The molecule has 0 saturated heterocycles. The predicted octanol–water partition coefficient (Wildman–Crippen LogP) is 2.41. The van der Waals surface area contributed by atoms with E-state index in [1.165, 1.54) is 30.6 Å². The first kappa shape index (κ1) is 21.0. The molecule has 3 rings (SSSR count). The van der Waals surface area contributed by atoms with Crippen molar-refractivity contribution in [3.05, 3.63) is 53.6 Å². The van der Waals surface area contributed by atoms with Crippen LogP contribution in [0, 0.1) is 13.8 Å². The number of ether oxygens (including phenoxy) is 2. The third-order valence-corrected chi connectivity index (χ3v) is 4.11. The summed E-state index contributed by atoms with van der Waals surface area (Å²) in [6, 6.07) is 6.88. The van der Waals surface area contributed by atoms with Gasteiger partial charge in [0.25, 0.3) is 0 Å². The van der Waals surface area contributed by atoms with E-state index in [1.807, 2.05) is 0 Å². The average Bonchev–Trinajstić information content (AvgIpc) is 3.27. The van der Waals surface area contributed by atoms with E-state index in [4.69, 9.17) is 4.74 Å². The van der Waals surface area contributed by atoms with Gasteiger partial charge in [-0.3, -0.25) is 9.59 Å². The summed E-state index contributed by atoms with van der Waals surface area (Å²) in [6.07, 6.45) is -3.54. The second kappa shape index (κ2) is 8.35. The largest absolute Gasteiger partial charge is 0.573 e. The Bertz CT molecular complexity index is 1040. The molecule has 12 heteroatoms. The number of esters is 1. The molecular weight excluding hydrogens is 407 g/mol. The van der Waals surface area contributed by atoms with Crippen LogP contribution in [0.2, 0.25) is 0 Å². The van der Waals surface area contributed by atoms with Gasteiger partial charge in [0, 0.05) is 22.6 Å². The van der Waals surface area contributed by atoms with E-state index in [0.29, 0.717) is 22.6 Å². The second-order valence-electron chi connectivity index (χ2n) is 6.25. The highest BCUT2D eigenvalue weighted by Gasteiger charge is 2.31. The van der Waals surface area contributed by atoms with Crippen LogP contribution in [-0.4, -0.2) is 49.5 Å². The van der Waals surface area contributed by atoms with Crippen molar-refractivity contribution in [2.75, 3.05) is 6.61 Å². The van der Waals surface area contributed by atoms with Gasteiger partial charge in [0.2, 0.25) is 5.78 Å². The molecule has 3 aromatic rings. The van der Waals surface area contributed by atoms with Crippen molar-refractivity contribution in [2.24, 2.45) is 0 Å². The molecule has 30 heavy (non-hydrogen) atoms. The maximum absolute atomic E-state index is 12.5. The van der Waals surface area contributed by atoms with E-state index < -0.39 is 24.7 Å². The summed E-state index contributed by atoms with van der Waals surface area (Å²) in [4.78, 5) is 24.3. The van der Waals surface area contributed by atoms with Crippen molar-refractivity contribution in [1.82, 2.24) is 24.8 Å². The van der Waals surface area contributed by atoms with Gasteiger partial charge in [-0.25, -0.2) is 4.68 Å². The van der Waals surface area contributed by atoms with Gasteiger partial charge in [-0.05, 0) is 54.6 Å². The van der Waals surface area contributed by atoms with E-state index in [9.17, 15) is 22.8 Å². The Morgan fingerprint density at radius 2 is 1.83 bits per heavy atom. The van der Waals surface area contributed by atoms with Crippen LogP contribution < -0.4 is 4.74 Å². The number of tetrazole rings is 1. The minimum Gasteiger partial charge on any atom is -0.456 e. The van der Waals surface area contributed by atoms with Crippen molar-refractivity contribution in [2.45, 2.75) is 26.8 Å². The summed E-state index contributed by atoms with van der Waals surface area (Å²) in [5, 5.41) is 10.3. The molecule has 0 N–H and O–H groups in total. The van der Waals surface area contributed by atoms with Crippen LogP contribution in [0.3, 0.4) is 0 Å². The van der Waals surface area contributed by atoms with Gasteiger partial charge in [-0.2, -0.15) is 0 Å². The molecule has 2 aromatic heterocycles. The molecule has 0 radical (unpaired) electrons. The quantitative estimate of drug-likeness (QED) is 0.425. The Morgan fingerprint density at radius 3 is 2.43 bits per heavy atom. The maximum Gasteiger partial charge on any atom is 0.573 e. The normalized spacial score (nSPS) is 11.4. The summed E-state index contributed by atoms with van der Waals surface area (Å²) in [5.74, 6) is -1.44. The molecule has 0 saturated carbocycles. The summed E-state index contributed by atoms with van der Waals surface area (Å²) in [5.41, 5.74) is 2.12. The lowest BCUT2D eigenvalue weighted by Crippen LogP contribution is -2.19. The third-order valence-electron chi connectivity index (χ3n) is 4.11. The highest BCUT2D eigenvalue weighted by Crippen LogP contribution is 2.26. The lowest BCUT2D eigenvalue weighted by atomic mass is 10.1. The zero-order valence-corrected chi connectivity index (χ0v) is 15.9. The third kappa shape index (κ3) is 5.01. The van der Waals surface area contributed by atoms with Crippen LogP contribution >= 0.6 is 0 Å². The lowest BCUT2D eigenvalue weighted by molar-refractivity contribution is -0.274. The number of ketones is 1. The smallest absolute Gasteiger partial charge is 0.456 e. The summed E-state index contributed by atoms with van der Waals surface area (Å²) in [7, 11) is 0. The van der Waals surface area contributed by atoms with Crippen molar-refractivity contribution >= 4 is 11.8 Å². The zero-order valence-electron chi connectivity index (χ0n) is 15.9. The number of Topliss-reactive ketones (excluding diaryl/α,β-unsaturated/α-hetero) is 1. The zero-order chi connectivity index (χ0) is 21.9. The minimum atomic E-state index is -4.78. The van der Waals surface area contributed by atoms with Gasteiger partial charge in [0.1, 0.15) is 18.6 Å². The fraction of sp³-hybridized carbons (Fsp3) is 0.278. The Hall–Kier alpha value is -3.70. The SMILES string of the molecule is Cc1cc(C(=O)COC(=O)Cn2cnnn2)c(C)n1-c1ccc(OC(F)(F)F)cc1. The molecule has 0 atom stereocenters. The van der Waals surface area contributed by atoms with Crippen molar-refractivity contribution < 1.29 is 32.2 Å². The molecule has 0 aliphatic rings. The van der Waals surface area contributed by atoms with Crippen molar-refractivity contribution in [3.8, 4) is 11.4 Å². The summed E-state index contributed by atoms with van der Waals surface area (Å²) in [6.45, 7) is 2.73. The minimum absolute atomic E-state index is 0.231. The molecule has 2 heterocycles. The Kier molecular flexibility index (Phi) is 5.85. The molecule has 1 aromatic carbocycles. The van der Waals surface area contributed by atoms with E-state index >= 15 is 0 Å².